The Labute approximate surface area is 360 Å². The number of nitrogens with zero attached hydrogens (tertiary/aromatic N) is 4. The van der Waals surface area contributed by atoms with Crippen LogP contribution in [0.2, 0.25) is 0 Å². The molecule has 296 valence electrons. The van der Waals surface area contributed by atoms with Gasteiger partial charge in [0, 0.05) is 38.5 Å². The van der Waals surface area contributed by atoms with E-state index in [1.165, 1.54) is 113 Å². The average molecular weight is 797 g/mol. The van der Waals surface area contributed by atoms with Crippen LogP contribution in [0.5, 0.6) is 0 Å². The molecule has 0 aliphatic heterocycles. The van der Waals surface area contributed by atoms with Gasteiger partial charge in [-0.2, -0.15) is 0 Å². The Morgan fingerprint density at radius 2 is 1.10 bits per heavy atom. The number of unbranched alkanes of at least 4 members (excludes halogenated alkanes) is 3. The van der Waals surface area contributed by atoms with Crippen molar-refractivity contribution in [1.82, 2.24) is 19.5 Å². The third-order valence-electron chi connectivity index (χ3n) is 13.1. The minimum Gasteiger partial charge on any atom is -0.309 e. The number of aryl methyl sites for hydroxylation is 1. The van der Waals surface area contributed by atoms with E-state index >= 15 is 0 Å². The topological polar surface area (TPSA) is 43.6 Å². The summed E-state index contributed by atoms with van der Waals surface area (Å²) in [6.45, 7) is 2.28. The minimum atomic E-state index is 0.654. The lowest BCUT2D eigenvalue weighted by Crippen LogP contribution is -2.00. The Kier molecular flexibility index (Phi) is 8.77. The van der Waals surface area contributed by atoms with E-state index in [1.54, 1.807) is 0 Å². The van der Waals surface area contributed by atoms with Crippen molar-refractivity contribution in [3.05, 3.63) is 187 Å². The van der Waals surface area contributed by atoms with Crippen LogP contribution in [-0.4, -0.2) is 19.5 Å². The van der Waals surface area contributed by atoms with E-state index in [2.05, 4.69) is 151 Å². The maximum Gasteiger partial charge on any atom is 0.164 e. The van der Waals surface area contributed by atoms with Gasteiger partial charge in [0.1, 0.15) is 0 Å². The second-order valence-corrected chi connectivity index (χ2v) is 16.8. The van der Waals surface area contributed by atoms with Crippen molar-refractivity contribution in [3.63, 3.8) is 0 Å². The minimum absolute atomic E-state index is 0.654. The highest BCUT2D eigenvalue weighted by atomic mass is 15.0. The number of rotatable bonds is 9. The fourth-order valence-electron chi connectivity index (χ4n) is 10.1. The van der Waals surface area contributed by atoms with E-state index < -0.39 is 0 Å². The first kappa shape index (κ1) is 36.4. The van der Waals surface area contributed by atoms with Crippen molar-refractivity contribution < 1.29 is 0 Å². The smallest absolute Gasteiger partial charge is 0.164 e. The van der Waals surface area contributed by atoms with Crippen molar-refractivity contribution in [2.24, 2.45) is 0 Å². The first-order valence-corrected chi connectivity index (χ1v) is 22.1. The van der Waals surface area contributed by atoms with Gasteiger partial charge in [-0.25, -0.2) is 15.0 Å². The Bertz CT molecular complexity index is 3490. The third kappa shape index (κ3) is 5.93. The summed E-state index contributed by atoms with van der Waals surface area (Å²) in [5, 5.41) is 12.6. The summed E-state index contributed by atoms with van der Waals surface area (Å²) in [7, 11) is 0. The Morgan fingerprint density at radius 1 is 0.468 bits per heavy atom. The molecule has 9 aromatic carbocycles. The van der Waals surface area contributed by atoms with Crippen LogP contribution in [0, 0.1) is 0 Å². The molecular weight excluding hydrogens is 753 g/mol. The van der Waals surface area contributed by atoms with Gasteiger partial charge in [-0.15, -0.1) is 0 Å². The van der Waals surface area contributed by atoms with Gasteiger partial charge in [-0.1, -0.05) is 178 Å². The highest BCUT2D eigenvalue weighted by Crippen LogP contribution is 2.47. The van der Waals surface area contributed by atoms with Crippen LogP contribution < -0.4 is 0 Å². The lowest BCUT2D eigenvalue weighted by molar-refractivity contribution is 0.667. The largest absolute Gasteiger partial charge is 0.309 e. The molecule has 2 aromatic heterocycles. The van der Waals surface area contributed by atoms with E-state index in [0.717, 1.165) is 29.5 Å². The van der Waals surface area contributed by atoms with Gasteiger partial charge in [0.05, 0.1) is 11.0 Å². The maximum atomic E-state index is 5.11. The number of hydrogen-bond donors (Lipinski definition) is 0. The molecule has 4 nitrogen and oxygen atoms in total. The summed E-state index contributed by atoms with van der Waals surface area (Å²) < 4.78 is 2.56. The lowest BCUT2D eigenvalue weighted by Gasteiger charge is -2.16. The van der Waals surface area contributed by atoms with E-state index in [0.29, 0.717) is 17.5 Å². The predicted molar refractivity (Wildman–Crippen MR) is 261 cm³/mol. The van der Waals surface area contributed by atoms with Crippen molar-refractivity contribution in [2.45, 2.75) is 45.4 Å². The molecule has 11 aromatic rings. The van der Waals surface area contributed by atoms with E-state index in [-0.39, 0.29) is 0 Å². The Balaban J connectivity index is 1.13. The first-order chi connectivity index (χ1) is 30.7. The second-order valence-electron chi connectivity index (χ2n) is 16.8. The molecule has 0 saturated carbocycles. The van der Waals surface area contributed by atoms with Gasteiger partial charge >= 0.3 is 0 Å². The fourth-order valence-corrected chi connectivity index (χ4v) is 10.1. The average Bonchev–Trinajstić information content (AvgIpc) is 3.68. The molecule has 0 fully saturated rings. The molecule has 4 heteroatoms. The van der Waals surface area contributed by atoms with Crippen LogP contribution in [0.25, 0.3) is 111 Å². The summed E-state index contributed by atoms with van der Waals surface area (Å²) in [5.74, 6) is 1.97. The molecule has 0 atom stereocenters. The number of hydrogen-bond acceptors (Lipinski definition) is 3. The predicted octanol–water partition coefficient (Wildman–Crippen LogP) is 15.3. The molecular formula is C58H44N4. The van der Waals surface area contributed by atoms with Crippen molar-refractivity contribution >= 4 is 71.0 Å². The van der Waals surface area contributed by atoms with Gasteiger partial charge < -0.3 is 4.57 Å². The van der Waals surface area contributed by atoms with E-state index in [1.807, 2.05) is 36.4 Å². The summed E-state index contributed by atoms with van der Waals surface area (Å²) in [4.78, 5) is 15.2. The second kappa shape index (κ2) is 14.9. The monoisotopic (exact) mass is 796 g/mol. The third-order valence-corrected chi connectivity index (χ3v) is 13.1. The summed E-state index contributed by atoms with van der Waals surface area (Å²) in [6.07, 6.45) is 11.8. The molecule has 2 heterocycles. The van der Waals surface area contributed by atoms with Gasteiger partial charge in [-0.3, -0.25) is 0 Å². The molecule has 0 saturated heterocycles. The molecule has 62 heavy (non-hydrogen) atoms. The number of allylic oxidation sites excluding steroid dienone is 1. The van der Waals surface area contributed by atoms with Gasteiger partial charge in [-0.05, 0) is 97.9 Å². The highest BCUT2D eigenvalue weighted by molar-refractivity contribution is 6.35. The molecule has 0 unspecified atom stereocenters. The van der Waals surface area contributed by atoms with Gasteiger partial charge in [0.15, 0.2) is 17.5 Å². The normalized spacial score (nSPS) is 12.5. The SMILES string of the molecule is CCCCCCc1ccc(-n2c3cc4c5c(cccc5c3c3ccc5c6ccc(-c7nc(-c8ccccc8)nc(-c8ccccc8)n7)cc6c6ccccc6c5c32)CC=C4)cc1. The molecule has 0 bridgehead atoms. The van der Waals surface area contributed by atoms with Crippen LogP contribution in [0.4, 0.5) is 0 Å². The summed E-state index contributed by atoms with van der Waals surface area (Å²) >= 11 is 0. The molecule has 0 amide bonds. The van der Waals surface area contributed by atoms with E-state index in [4.69, 9.17) is 15.0 Å². The van der Waals surface area contributed by atoms with Gasteiger partial charge in [0.2, 0.25) is 0 Å². The standard InChI is InChI=1S/C58H44N4/c1-2-3-4-7-16-37-27-30-43(31-28-37)62-51-36-41-23-14-21-38-22-15-26-48(52(38)41)53(51)49-34-33-47-45-32-29-42(35-50(45)44-24-12-13-25-46(44)54(47)55(49)62)58-60-56(39-17-8-5-9-18-39)59-57(61-58)40-19-10-6-11-20-40/h5-6,8-15,17-20,22-36H,2-4,7,16,21H2,1H3. The van der Waals surface area contributed by atoms with Crippen molar-refractivity contribution in [1.29, 1.82) is 0 Å². The lowest BCUT2D eigenvalue weighted by atomic mass is 9.89. The number of aromatic nitrogens is 4. The Morgan fingerprint density at radius 3 is 1.84 bits per heavy atom. The van der Waals surface area contributed by atoms with Crippen molar-refractivity contribution in [3.8, 4) is 39.9 Å². The van der Waals surface area contributed by atoms with E-state index in [9.17, 15) is 0 Å². The van der Waals surface area contributed by atoms with Crippen LogP contribution >= 0.6 is 0 Å². The van der Waals surface area contributed by atoms with Crippen LogP contribution in [0.15, 0.2) is 170 Å². The van der Waals surface area contributed by atoms with Crippen molar-refractivity contribution in [2.75, 3.05) is 0 Å². The Hall–Kier alpha value is -7.43. The van der Waals surface area contributed by atoms with Crippen LogP contribution in [0.1, 0.15) is 49.3 Å². The zero-order valence-electron chi connectivity index (χ0n) is 34.8. The van der Waals surface area contributed by atoms with Crippen LogP contribution in [-0.2, 0) is 12.8 Å². The van der Waals surface area contributed by atoms with Crippen LogP contribution in [0.3, 0.4) is 0 Å². The first-order valence-electron chi connectivity index (χ1n) is 22.1. The number of benzene rings is 9. The molecule has 0 spiro atoms. The maximum absolute atomic E-state index is 5.11. The zero-order chi connectivity index (χ0) is 41.1. The zero-order valence-corrected chi connectivity index (χ0v) is 34.8. The quantitative estimate of drug-likeness (QED) is 0.108. The summed E-state index contributed by atoms with van der Waals surface area (Å²) in [5.41, 5.74) is 10.6. The highest BCUT2D eigenvalue weighted by Gasteiger charge is 2.23. The molecule has 12 rings (SSSR count). The molecule has 0 radical (unpaired) electrons. The van der Waals surface area contributed by atoms with Gasteiger partial charge in [0.25, 0.3) is 0 Å². The molecule has 1 aliphatic carbocycles. The molecule has 0 N–H and O–H groups in total. The number of fused-ring (bicyclic) bond motifs is 11. The fraction of sp³-hybridized carbons (Fsp3) is 0.121. The molecule has 1 aliphatic rings. The summed E-state index contributed by atoms with van der Waals surface area (Å²) in [6, 6.07) is 59.6.